The van der Waals surface area contributed by atoms with Gasteiger partial charge in [0.05, 0.1) is 12.0 Å². The number of carbonyl (C=O) groups excluding carboxylic acids is 3. The van der Waals surface area contributed by atoms with Gasteiger partial charge in [0.15, 0.2) is 0 Å². The number of anilines is 1. The van der Waals surface area contributed by atoms with Gasteiger partial charge < -0.3 is 14.6 Å². The number of ether oxygens (including phenoxy) is 1. The average Bonchev–Trinajstić information content (AvgIpc) is 3.25. The number of rotatable bonds is 6. The van der Waals surface area contributed by atoms with Crippen LogP contribution < -0.4 is 10.1 Å². The van der Waals surface area contributed by atoms with Crippen molar-refractivity contribution in [1.29, 1.82) is 0 Å². The van der Waals surface area contributed by atoms with Gasteiger partial charge in [-0.25, -0.2) is 0 Å². The lowest BCUT2D eigenvalue weighted by atomic mass is 10.2. The van der Waals surface area contributed by atoms with Crippen LogP contribution in [0.3, 0.4) is 0 Å². The smallest absolute Gasteiger partial charge is 0.294 e. The molecule has 0 aliphatic carbocycles. The zero-order valence-corrected chi connectivity index (χ0v) is 22.1. The maximum Gasteiger partial charge on any atom is 0.294 e. The van der Waals surface area contributed by atoms with Gasteiger partial charge in [-0.05, 0) is 98.3 Å². The molecule has 1 aliphatic rings. The number of hydrogen-bond donors (Lipinski definition) is 1. The summed E-state index contributed by atoms with van der Waals surface area (Å²) in [6.07, 6.45) is 1.72. The fourth-order valence-corrected chi connectivity index (χ4v) is 4.97. The molecule has 0 radical (unpaired) electrons. The third-order valence-electron chi connectivity index (χ3n) is 5.71. The molecule has 0 bridgehead atoms. The SMILES string of the molecule is COc1ccc(NC(=O)CN2C(=O)S/C(=C/c3cc(C)n(-c4ccc(Br)c(C)c4)c3C)C2=O)cc1. The summed E-state index contributed by atoms with van der Waals surface area (Å²) in [4.78, 5) is 39.2. The number of nitrogens with zero attached hydrogens (tertiary/aromatic N) is 2. The van der Waals surface area contributed by atoms with Crippen molar-refractivity contribution >= 4 is 56.5 Å². The Hall–Kier alpha value is -3.30. The van der Waals surface area contributed by atoms with Gasteiger partial charge in [-0.2, -0.15) is 0 Å². The maximum atomic E-state index is 13.0. The average molecular weight is 554 g/mol. The fourth-order valence-electron chi connectivity index (χ4n) is 3.90. The number of hydrogen-bond acceptors (Lipinski definition) is 5. The number of thioether (sulfide) groups is 1. The molecular weight excluding hydrogens is 530 g/mol. The van der Waals surface area contributed by atoms with E-state index in [-0.39, 0.29) is 6.54 Å². The van der Waals surface area contributed by atoms with Gasteiger partial charge in [-0.15, -0.1) is 0 Å². The van der Waals surface area contributed by atoms with Crippen molar-refractivity contribution in [3.05, 3.63) is 80.4 Å². The van der Waals surface area contributed by atoms with Crippen LogP contribution in [-0.2, 0) is 9.59 Å². The number of methoxy groups -OCH3 is 1. The molecule has 0 saturated carbocycles. The summed E-state index contributed by atoms with van der Waals surface area (Å²) >= 11 is 4.37. The normalized spacial score (nSPS) is 14.7. The molecular formula is C26H24BrN3O4S. The number of aryl methyl sites for hydroxylation is 2. The molecule has 0 spiro atoms. The van der Waals surface area contributed by atoms with Crippen LogP contribution in [0, 0.1) is 20.8 Å². The lowest BCUT2D eigenvalue weighted by Crippen LogP contribution is -2.36. The topological polar surface area (TPSA) is 80.6 Å². The molecule has 35 heavy (non-hydrogen) atoms. The summed E-state index contributed by atoms with van der Waals surface area (Å²) in [5.74, 6) is -0.273. The molecule has 1 N–H and O–H groups in total. The number of imide groups is 1. The van der Waals surface area contributed by atoms with Crippen molar-refractivity contribution < 1.29 is 19.1 Å². The van der Waals surface area contributed by atoms with E-state index in [9.17, 15) is 14.4 Å². The predicted octanol–water partition coefficient (Wildman–Crippen LogP) is 5.85. The highest BCUT2D eigenvalue weighted by Crippen LogP contribution is 2.34. The summed E-state index contributed by atoms with van der Waals surface area (Å²) in [7, 11) is 1.56. The van der Waals surface area contributed by atoms with Gasteiger partial charge in [0.1, 0.15) is 12.3 Å². The molecule has 3 aromatic rings. The van der Waals surface area contributed by atoms with Crippen LogP contribution in [0.4, 0.5) is 10.5 Å². The second kappa shape index (κ2) is 10.1. The van der Waals surface area contributed by atoms with Crippen LogP contribution in [0.2, 0.25) is 0 Å². The quantitative estimate of drug-likeness (QED) is 0.387. The second-order valence-corrected chi connectivity index (χ2v) is 9.99. The summed E-state index contributed by atoms with van der Waals surface area (Å²) < 4.78 is 8.24. The van der Waals surface area contributed by atoms with Crippen LogP contribution >= 0.6 is 27.7 Å². The fraction of sp³-hybridized carbons (Fsp3) is 0.192. The minimum absolute atomic E-state index is 0.291. The van der Waals surface area contributed by atoms with Crippen molar-refractivity contribution in [2.75, 3.05) is 19.0 Å². The Morgan fingerprint density at radius 2 is 1.80 bits per heavy atom. The molecule has 3 amide bonds. The lowest BCUT2D eigenvalue weighted by Gasteiger charge is -2.12. The first-order valence-corrected chi connectivity index (χ1v) is 12.4. The minimum atomic E-state index is -0.478. The number of halogens is 1. The summed E-state index contributed by atoms with van der Waals surface area (Å²) in [6.45, 7) is 5.65. The van der Waals surface area contributed by atoms with Crippen molar-refractivity contribution in [1.82, 2.24) is 9.47 Å². The summed E-state index contributed by atoms with van der Waals surface area (Å²) in [5, 5.41) is 2.23. The Balaban J connectivity index is 1.51. The number of nitrogens with one attached hydrogen (secondary N) is 1. The maximum absolute atomic E-state index is 13.0. The van der Waals surface area contributed by atoms with Gasteiger partial charge in [0.2, 0.25) is 5.91 Å². The largest absolute Gasteiger partial charge is 0.497 e. The lowest BCUT2D eigenvalue weighted by molar-refractivity contribution is -0.127. The van der Waals surface area contributed by atoms with Crippen LogP contribution in [0.1, 0.15) is 22.5 Å². The minimum Gasteiger partial charge on any atom is -0.497 e. The summed E-state index contributed by atoms with van der Waals surface area (Å²) in [6, 6.07) is 14.9. The Morgan fingerprint density at radius 3 is 2.46 bits per heavy atom. The first kappa shape index (κ1) is 24.8. The molecule has 7 nitrogen and oxygen atoms in total. The monoisotopic (exact) mass is 553 g/mol. The molecule has 2 aromatic carbocycles. The molecule has 1 aliphatic heterocycles. The first-order valence-electron chi connectivity index (χ1n) is 10.8. The molecule has 0 atom stereocenters. The first-order chi connectivity index (χ1) is 16.7. The van der Waals surface area contributed by atoms with Crippen LogP contribution in [0.15, 0.2) is 57.9 Å². The molecule has 1 saturated heterocycles. The zero-order valence-electron chi connectivity index (χ0n) is 19.7. The van der Waals surface area contributed by atoms with E-state index in [2.05, 4.69) is 31.9 Å². The van der Waals surface area contributed by atoms with Crippen molar-refractivity contribution in [2.24, 2.45) is 0 Å². The van der Waals surface area contributed by atoms with Gasteiger partial charge in [0.25, 0.3) is 11.1 Å². The Morgan fingerprint density at radius 1 is 1.09 bits per heavy atom. The molecule has 1 aromatic heterocycles. The third kappa shape index (κ3) is 5.21. The Bertz CT molecular complexity index is 1360. The Labute approximate surface area is 216 Å². The van der Waals surface area contributed by atoms with Crippen LogP contribution in [0.5, 0.6) is 5.75 Å². The van der Waals surface area contributed by atoms with Crippen molar-refractivity contribution in [3.8, 4) is 11.4 Å². The van der Waals surface area contributed by atoms with Gasteiger partial charge >= 0.3 is 0 Å². The van der Waals surface area contributed by atoms with E-state index in [0.717, 1.165) is 49.3 Å². The van der Waals surface area contributed by atoms with Crippen LogP contribution in [-0.4, -0.2) is 40.2 Å². The van der Waals surface area contributed by atoms with Crippen LogP contribution in [0.25, 0.3) is 11.8 Å². The molecule has 1 fully saturated rings. The predicted molar refractivity (Wildman–Crippen MR) is 142 cm³/mol. The molecule has 0 unspecified atom stereocenters. The van der Waals surface area contributed by atoms with Gasteiger partial charge in [-0.1, -0.05) is 15.9 Å². The number of amides is 3. The van der Waals surface area contributed by atoms with E-state index in [0.29, 0.717) is 16.3 Å². The number of carbonyl (C=O) groups is 3. The number of aromatic nitrogens is 1. The third-order valence-corrected chi connectivity index (χ3v) is 7.50. The van der Waals surface area contributed by atoms with Crippen molar-refractivity contribution in [2.45, 2.75) is 20.8 Å². The highest BCUT2D eigenvalue weighted by Gasteiger charge is 2.36. The van der Waals surface area contributed by atoms with Gasteiger partial charge in [0, 0.05) is 27.2 Å². The molecule has 2 heterocycles. The molecule has 180 valence electrons. The standard InChI is InChI=1S/C26H24BrN3O4S/c1-15-11-20(7-10-22(15)27)30-16(2)12-18(17(30)3)13-23-25(32)29(26(33)35-23)14-24(31)28-19-5-8-21(34-4)9-6-19/h5-13H,14H2,1-4H3,(H,28,31)/b23-13+. The van der Waals surface area contributed by atoms with E-state index in [1.54, 1.807) is 37.5 Å². The number of benzene rings is 2. The molecule has 4 rings (SSSR count). The Kier molecular flexibility index (Phi) is 7.18. The van der Waals surface area contributed by atoms with E-state index in [1.165, 1.54) is 0 Å². The summed E-state index contributed by atoms with van der Waals surface area (Å²) in [5.41, 5.74) is 5.49. The van der Waals surface area contributed by atoms with E-state index < -0.39 is 17.1 Å². The van der Waals surface area contributed by atoms with E-state index in [4.69, 9.17) is 4.74 Å². The molecule has 9 heteroatoms. The van der Waals surface area contributed by atoms with E-state index in [1.807, 2.05) is 39.0 Å². The van der Waals surface area contributed by atoms with Gasteiger partial charge in [-0.3, -0.25) is 19.3 Å². The van der Waals surface area contributed by atoms with Crippen molar-refractivity contribution in [3.63, 3.8) is 0 Å². The zero-order chi connectivity index (χ0) is 25.3. The second-order valence-electron chi connectivity index (χ2n) is 8.14. The highest BCUT2D eigenvalue weighted by atomic mass is 79.9. The van der Waals surface area contributed by atoms with E-state index >= 15 is 0 Å². The highest BCUT2D eigenvalue weighted by molar-refractivity contribution is 9.10.